The quantitative estimate of drug-likeness (QED) is 0.857. The number of fused-ring (bicyclic) bond motifs is 1. The number of nitrogens with zero attached hydrogens (tertiary/aromatic N) is 1. The molecular formula is C14H18N2OS. The van der Waals surface area contributed by atoms with Gasteiger partial charge in [-0.3, -0.25) is 0 Å². The van der Waals surface area contributed by atoms with Crippen LogP contribution in [0.4, 0.5) is 5.69 Å². The second kappa shape index (κ2) is 4.76. The summed E-state index contributed by atoms with van der Waals surface area (Å²) in [5.74, 6) is 1.50. The Kier molecular flexibility index (Phi) is 3.12. The number of ether oxygens (including phenoxy) is 1. The fourth-order valence-electron chi connectivity index (χ4n) is 2.60. The SMILES string of the molecule is Cc1nc2cc(OCC3CCCC3)c(N)cc2s1. The van der Waals surface area contributed by atoms with Gasteiger partial charge >= 0.3 is 0 Å². The lowest BCUT2D eigenvalue weighted by Crippen LogP contribution is -2.09. The third-order valence-corrected chi connectivity index (χ3v) is 4.51. The molecule has 0 radical (unpaired) electrons. The number of rotatable bonds is 3. The maximum absolute atomic E-state index is 6.03. The summed E-state index contributed by atoms with van der Waals surface area (Å²) in [7, 11) is 0. The van der Waals surface area contributed by atoms with E-state index in [9.17, 15) is 0 Å². The monoisotopic (exact) mass is 262 g/mol. The van der Waals surface area contributed by atoms with Gasteiger partial charge in [-0.2, -0.15) is 0 Å². The molecule has 1 aromatic heterocycles. The van der Waals surface area contributed by atoms with E-state index in [2.05, 4.69) is 4.98 Å². The first-order valence-corrected chi connectivity index (χ1v) is 7.33. The fourth-order valence-corrected chi connectivity index (χ4v) is 3.45. The summed E-state index contributed by atoms with van der Waals surface area (Å²) in [6.07, 6.45) is 5.26. The van der Waals surface area contributed by atoms with E-state index in [0.717, 1.165) is 33.3 Å². The lowest BCUT2D eigenvalue weighted by molar-refractivity contribution is 0.253. The molecule has 0 atom stereocenters. The average molecular weight is 262 g/mol. The van der Waals surface area contributed by atoms with Gasteiger partial charge in [0.15, 0.2) is 0 Å². The van der Waals surface area contributed by atoms with Gasteiger partial charge in [0.05, 0.1) is 27.5 Å². The Morgan fingerprint density at radius 2 is 2.17 bits per heavy atom. The van der Waals surface area contributed by atoms with E-state index in [1.165, 1.54) is 25.7 Å². The van der Waals surface area contributed by atoms with Crippen LogP contribution in [0.25, 0.3) is 10.2 Å². The molecule has 1 aliphatic rings. The van der Waals surface area contributed by atoms with Crippen molar-refractivity contribution in [2.75, 3.05) is 12.3 Å². The molecule has 1 saturated carbocycles. The molecule has 1 aromatic carbocycles. The summed E-state index contributed by atoms with van der Waals surface area (Å²) in [4.78, 5) is 4.48. The highest BCUT2D eigenvalue weighted by Gasteiger charge is 2.16. The zero-order chi connectivity index (χ0) is 12.5. The van der Waals surface area contributed by atoms with Crippen LogP contribution in [0.1, 0.15) is 30.7 Å². The van der Waals surface area contributed by atoms with E-state index < -0.39 is 0 Å². The number of benzene rings is 1. The topological polar surface area (TPSA) is 48.1 Å². The van der Waals surface area contributed by atoms with Gasteiger partial charge in [-0.05, 0) is 31.7 Å². The number of aromatic nitrogens is 1. The zero-order valence-corrected chi connectivity index (χ0v) is 11.4. The molecule has 0 unspecified atom stereocenters. The highest BCUT2D eigenvalue weighted by atomic mass is 32.1. The molecule has 96 valence electrons. The lowest BCUT2D eigenvalue weighted by Gasteiger charge is -2.12. The van der Waals surface area contributed by atoms with E-state index in [-0.39, 0.29) is 0 Å². The second-order valence-electron chi connectivity index (χ2n) is 5.05. The van der Waals surface area contributed by atoms with Crippen molar-refractivity contribution >= 4 is 27.2 Å². The molecule has 3 nitrogen and oxygen atoms in total. The van der Waals surface area contributed by atoms with Gasteiger partial charge in [0.1, 0.15) is 5.75 Å². The van der Waals surface area contributed by atoms with Crippen LogP contribution < -0.4 is 10.5 Å². The molecule has 1 fully saturated rings. The van der Waals surface area contributed by atoms with Crippen LogP contribution in [-0.2, 0) is 0 Å². The van der Waals surface area contributed by atoms with Crippen molar-refractivity contribution in [2.24, 2.45) is 5.92 Å². The van der Waals surface area contributed by atoms with Crippen molar-refractivity contribution in [1.29, 1.82) is 0 Å². The van der Waals surface area contributed by atoms with Crippen LogP contribution in [0, 0.1) is 12.8 Å². The number of hydrogen-bond donors (Lipinski definition) is 1. The standard InChI is InChI=1S/C14H18N2OS/c1-9-16-12-7-13(11(15)6-14(12)18-9)17-8-10-4-2-3-5-10/h6-7,10H,2-5,8,15H2,1H3. The Bertz CT molecular complexity index is 558. The Labute approximate surface area is 111 Å². The number of nitrogen functional groups attached to an aromatic ring is 1. The van der Waals surface area contributed by atoms with Crippen LogP contribution in [0.15, 0.2) is 12.1 Å². The van der Waals surface area contributed by atoms with Crippen molar-refractivity contribution < 1.29 is 4.74 Å². The second-order valence-corrected chi connectivity index (χ2v) is 6.29. The Balaban J connectivity index is 1.79. The van der Waals surface area contributed by atoms with E-state index in [1.54, 1.807) is 11.3 Å². The molecular weight excluding hydrogens is 244 g/mol. The number of nitrogens with two attached hydrogens (primary N) is 1. The Morgan fingerprint density at radius 3 is 2.94 bits per heavy atom. The van der Waals surface area contributed by atoms with Gasteiger partial charge in [-0.25, -0.2) is 4.98 Å². The smallest absolute Gasteiger partial charge is 0.144 e. The van der Waals surface area contributed by atoms with Crippen LogP contribution in [0.2, 0.25) is 0 Å². The minimum Gasteiger partial charge on any atom is -0.491 e. The average Bonchev–Trinajstić information content (AvgIpc) is 2.94. The summed E-state index contributed by atoms with van der Waals surface area (Å²) in [6, 6.07) is 3.95. The maximum Gasteiger partial charge on any atom is 0.144 e. The Hall–Kier alpha value is -1.29. The van der Waals surface area contributed by atoms with E-state index in [0.29, 0.717) is 5.92 Å². The van der Waals surface area contributed by atoms with Crippen molar-refractivity contribution in [2.45, 2.75) is 32.6 Å². The van der Waals surface area contributed by atoms with Gasteiger partial charge in [0, 0.05) is 6.07 Å². The first-order valence-electron chi connectivity index (χ1n) is 6.52. The summed E-state index contributed by atoms with van der Waals surface area (Å²) < 4.78 is 7.01. The predicted molar refractivity (Wildman–Crippen MR) is 76.2 cm³/mol. The molecule has 4 heteroatoms. The first kappa shape index (κ1) is 11.8. The minimum atomic E-state index is 0.706. The van der Waals surface area contributed by atoms with E-state index in [4.69, 9.17) is 10.5 Å². The molecule has 1 aliphatic carbocycles. The third-order valence-electron chi connectivity index (χ3n) is 3.58. The van der Waals surface area contributed by atoms with Gasteiger partial charge in [0.2, 0.25) is 0 Å². The summed E-state index contributed by atoms with van der Waals surface area (Å²) >= 11 is 1.67. The number of anilines is 1. The number of hydrogen-bond acceptors (Lipinski definition) is 4. The van der Waals surface area contributed by atoms with Crippen LogP contribution in [0.5, 0.6) is 5.75 Å². The van der Waals surface area contributed by atoms with Crippen LogP contribution in [-0.4, -0.2) is 11.6 Å². The molecule has 2 aromatic rings. The molecule has 0 amide bonds. The van der Waals surface area contributed by atoms with Crippen molar-refractivity contribution in [3.63, 3.8) is 0 Å². The third kappa shape index (κ3) is 2.29. The summed E-state index contributed by atoms with van der Waals surface area (Å²) in [6.45, 7) is 2.80. The van der Waals surface area contributed by atoms with Gasteiger partial charge in [0.25, 0.3) is 0 Å². The molecule has 0 aliphatic heterocycles. The predicted octanol–water partition coefficient (Wildman–Crippen LogP) is 3.76. The molecule has 1 heterocycles. The number of thiazole rings is 1. The lowest BCUT2D eigenvalue weighted by atomic mass is 10.1. The van der Waals surface area contributed by atoms with Gasteiger partial charge < -0.3 is 10.5 Å². The molecule has 0 spiro atoms. The van der Waals surface area contributed by atoms with Crippen molar-refractivity contribution in [3.05, 3.63) is 17.1 Å². The molecule has 3 rings (SSSR count). The van der Waals surface area contributed by atoms with Crippen molar-refractivity contribution in [3.8, 4) is 5.75 Å². The Morgan fingerprint density at radius 1 is 1.39 bits per heavy atom. The normalized spacial score (nSPS) is 16.5. The maximum atomic E-state index is 6.03. The highest BCUT2D eigenvalue weighted by Crippen LogP contribution is 2.32. The van der Waals surface area contributed by atoms with Gasteiger partial charge in [-0.1, -0.05) is 12.8 Å². The number of aryl methyl sites for hydroxylation is 1. The van der Waals surface area contributed by atoms with E-state index in [1.807, 2.05) is 19.1 Å². The zero-order valence-electron chi connectivity index (χ0n) is 10.6. The molecule has 0 bridgehead atoms. The summed E-state index contributed by atoms with van der Waals surface area (Å²) in [5.41, 5.74) is 7.75. The largest absolute Gasteiger partial charge is 0.491 e. The van der Waals surface area contributed by atoms with Gasteiger partial charge in [-0.15, -0.1) is 11.3 Å². The minimum absolute atomic E-state index is 0.706. The molecule has 18 heavy (non-hydrogen) atoms. The molecule has 2 N–H and O–H groups in total. The van der Waals surface area contributed by atoms with E-state index >= 15 is 0 Å². The fraction of sp³-hybridized carbons (Fsp3) is 0.500. The van der Waals surface area contributed by atoms with Crippen molar-refractivity contribution in [1.82, 2.24) is 4.98 Å². The summed E-state index contributed by atoms with van der Waals surface area (Å²) in [5, 5.41) is 1.07. The van der Waals surface area contributed by atoms with Crippen LogP contribution in [0.3, 0.4) is 0 Å². The molecule has 0 saturated heterocycles. The highest BCUT2D eigenvalue weighted by molar-refractivity contribution is 7.18. The first-order chi connectivity index (χ1) is 8.72. The van der Waals surface area contributed by atoms with Crippen LogP contribution >= 0.6 is 11.3 Å².